The lowest BCUT2D eigenvalue weighted by Gasteiger charge is -2.17. The predicted octanol–water partition coefficient (Wildman–Crippen LogP) is 6.35. The molecule has 28 heavy (non-hydrogen) atoms. The average molecular weight is 502 g/mol. The number of benzene rings is 3. The van der Waals surface area contributed by atoms with Crippen LogP contribution >= 0.6 is 31.9 Å². The molecule has 0 bridgehead atoms. The van der Waals surface area contributed by atoms with E-state index in [4.69, 9.17) is 0 Å². The quantitative estimate of drug-likeness (QED) is 0.322. The van der Waals surface area contributed by atoms with Gasteiger partial charge >= 0.3 is 0 Å². The molecule has 0 aliphatic carbocycles. The van der Waals surface area contributed by atoms with E-state index in [2.05, 4.69) is 103 Å². The fraction of sp³-hybridized carbons (Fsp3) is 0.217. The van der Waals surface area contributed by atoms with Crippen LogP contribution in [-0.4, -0.2) is 22.3 Å². The Bertz CT molecular complexity index is 1080. The number of halogens is 2. The molecule has 4 rings (SSSR count). The summed E-state index contributed by atoms with van der Waals surface area (Å²) in [6.07, 6.45) is 0.464. The number of aliphatic hydroxyl groups is 1. The molecule has 1 atom stereocenters. The van der Waals surface area contributed by atoms with Gasteiger partial charge in [-0.15, -0.1) is 0 Å². The summed E-state index contributed by atoms with van der Waals surface area (Å²) >= 11 is 7.16. The van der Waals surface area contributed by atoms with E-state index in [9.17, 15) is 5.11 Å². The Labute approximate surface area is 181 Å². The predicted molar refractivity (Wildman–Crippen MR) is 125 cm³/mol. The maximum absolute atomic E-state index is 10.8. The molecule has 0 radical (unpaired) electrons. The molecule has 0 aliphatic rings. The molecule has 0 fully saturated rings. The molecule has 0 unspecified atom stereocenters. The van der Waals surface area contributed by atoms with Crippen molar-refractivity contribution in [1.29, 1.82) is 0 Å². The van der Waals surface area contributed by atoms with E-state index in [0.29, 0.717) is 13.1 Å². The van der Waals surface area contributed by atoms with Crippen molar-refractivity contribution >= 4 is 59.4 Å². The first-order chi connectivity index (χ1) is 13.6. The number of hydrogen-bond acceptors (Lipinski definition) is 2. The minimum atomic E-state index is -0.504. The van der Waals surface area contributed by atoms with E-state index >= 15 is 0 Å². The lowest BCUT2D eigenvalue weighted by atomic mass is 10.1. The van der Waals surface area contributed by atoms with E-state index in [1.165, 1.54) is 16.3 Å². The second-order valence-corrected chi connectivity index (χ2v) is 8.81. The van der Waals surface area contributed by atoms with Gasteiger partial charge in [0.25, 0.3) is 0 Å². The molecule has 1 heterocycles. The summed E-state index contributed by atoms with van der Waals surface area (Å²) < 4.78 is 4.32. The van der Waals surface area contributed by atoms with Crippen LogP contribution in [0, 0.1) is 0 Å². The van der Waals surface area contributed by atoms with Gasteiger partial charge in [0.15, 0.2) is 0 Å². The maximum Gasteiger partial charge on any atom is 0.0891 e. The van der Waals surface area contributed by atoms with E-state index < -0.39 is 6.10 Å². The van der Waals surface area contributed by atoms with Crippen molar-refractivity contribution in [3.8, 4) is 0 Å². The summed E-state index contributed by atoms with van der Waals surface area (Å²) in [4.78, 5) is 0. The molecule has 2 N–H and O–H groups in total. The monoisotopic (exact) mass is 500 g/mol. The van der Waals surface area contributed by atoms with Crippen molar-refractivity contribution in [2.45, 2.75) is 26.0 Å². The molecular formula is C23H22Br2N2O. The van der Waals surface area contributed by atoms with Crippen LogP contribution in [0.1, 0.15) is 12.5 Å². The summed E-state index contributed by atoms with van der Waals surface area (Å²) in [5.74, 6) is 0. The lowest BCUT2D eigenvalue weighted by molar-refractivity contribution is 0.169. The molecule has 0 aliphatic heterocycles. The first-order valence-electron chi connectivity index (χ1n) is 9.43. The minimum absolute atomic E-state index is 0.504. The van der Waals surface area contributed by atoms with Gasteiger partial charge in [-0.3, -0.25) is 0 Å². The Hall–Kier alpha value is -1.82. The van der Waals surface area contributed by atoms with Crippen molar-refractivity contribution in [3.05, 3.63) is 75.2 Å². The third-order valence-corrected chi connectivity index (χ3v) is 6.10. The number of aromatic nitrogens is 1. The molecule has 3 nitrogen and oxygen atoms in total. The first kappa shape index (κ1) is 19.5. The van der Waals surface area contributed by atoms with Gasteiger partial charge in [-0.1, -0.05) is 57.0 Å². The molecule has 4 aromatic rings. The van der Waals surface area contributed by atoms with Crippen molar-refractivity contribution in [1.82, 2.24) is 4.57 Å². The maximum atomic E-state index is 10.8. The summed E-state index contributed by atoms with van der Waals surface area (Å²) in [7, 11) is 0. The summed E-state index contributed by atoms with van der Waals surface area (Å²) in [5, 5.41) is 16.5. The molecule has 1 aromatic heterocycles. The van der Waals surface area contributed by atoms with Crippen molar-refractivity contribution in [3.63, 3.8) is 0 Å². The standard InChI is InChI=1S/C23H22Br2N2O/c1-2-15-5-3-4-6-21(15)26-13-18(28)14-27-22-9-7-16(24)11-19(22)20-12-17(25)8-10-23(20)27/h3-12,18,26,28H,2,13-14H2,1H3/t18-/m1/s1. The Kier molecular flexibility index (Phi) is 5.76. The van der Waals surface area contributed by atoms with E-state index in [1.807, 2.05) is 6.07 Å². The van der Waals surface area contributed by atoms with Gasteiger partial charge in [-0.05, 0) is 54.4 Å². The Morgan fingerprint density at radius 1 is 0.929 bits per heavy atom. The number of aryl methyl sites for hydroxylation is 1. The van der Waals surface area contributed by atoms with Crippen LogP contribution in [-0.2, 0) is 13.0 Å². The van der Waals surface area contributed by atoms with E-state index in [0.717, 1.165) is 32.1 Å². The summed E-state index contributed by atoms with van der Waals surface area (Å²) in [6, 6.07) is 20.9. The van der Waals surface area contributed by atoms with Crippen molar-refractivity contribution in [2.24, 2.45) is 0 Å². The molecular weight excluding hydrogens is 480 g/mol. The van der Waals surface area contributed by atoms with Crippen LogP contribution in [0.2, 0.25) is 0 Å². The lowest BCUT2D eigenvalue weighted by Crippen LogP contribution is -2.25. The van der Waals surface area contributed by atoms with Crippen LogP contribution in [0.5, 0.6) is 0 Å². The van der Waals surface area contributed by atoms with Gasteiger partial charge in [-0.2, -0.15) is 0 Å². The fourth-order valence-corrected chi connectivity index (χ4v) is 4.47. The third kappa shape index (κ3) is 3.84. The summed E-state index contributed by atoms with van der Waals surface area (Å²) in [6.45, 7) is 3.18. The molecule has 144 valence electrons. The van der Waals surface area contributed by atoms with Crippen molar-refractivity contribution < 1.29 is 5.11 Å². The van der Waals surface area contributed by atoms with Crippen molar-refractivity contribution in [2.75, 3.05) is 11.9 Å². The van der Waals surface area contributed by atoms with Gasteiger partial charge in [-0.25, -0.2) is 0 Å². The normalized spacial score (nSPS) is 12.6. The highest BCUT2D eigenvalue weighted by Crippen LogP contribution is 2.33. The number of anilines is 1. The largest absolute Gasteiger partial charge is 0.389 e. The van der Waals surface area contributed by atoms with Gasteiger partial charge in [0, 0.05) is 43.0 Å². The number of para-hydroxylation sites is 1. The Balaban J connectivity index is 1.63. The summed E-state index contributed by atoms with van der Waals surface area (Å²) in [5.41, 5.74) is 4.62. The number of nitrogens with zero attached hydrogens (tertiary/aromatic N) is 1. The van der Waals surface area contributed by atoms with E-state index in [1.54, 1.807) is 0 Å². The Morgan fingerprint density at radius 2 is 1.54 bits per heavy atom. The highest BCUT2D eigenvalue weighted by molar-refractivity contribution is 9.10. The number of rotatable bonds is 6. The number of hydrogen-bond donors (Lipinski definition) is 2. The second kappa shape index (κ2) is 8.27. The molecule has 0 amide bonds. The molecule has 0 spiro atoms. The van der Waals surface area contributed by atoms with Crippen LogP contribution < -0.4 is 5.32 Å². The molecule has 0 saturated carbocycles. The average Bonchev–Trinajstić information content (AvgIpc) is 2.98. The van der Waals surface area contributed by atoms with Crippen LogP contribution in [0.15, 0.2) is 69.6 Å². The van der Waals surface area contributed by atoms with Gasteiger partial charge in [0.2, 0.25) is 0 Å². The molecule has 0 saturated heterocycles. The van der Waals surface area contributed by atoms with Crippen LogP contribution in [0.3, 0.4) is 0 Å². The highest BCUT2D eigenvalue weighted by Gasteiger charge is 2.15. The van der Waals surface area contributed by atoms with Crippen LogP contribution in [0.25, 0.3) is 21.8 Å². The zero-order valence-corrected chi connectivity index (χ0v) is 18.8. The molecule has 3 aromatic carbocycles. The van der Waals surface area contributed by atoms with E-state index in [-0.39, 0.29) is 0 Å². The second-order valence-electron chi connectivity index (χ2n) is 6.98. The SMILES string of the molecule is CCc1ccccc1NC[C@@H](O)Cn1c2ccc(Br)cc2c2cc(Br)ccc21. The number of aliphatic hydroxyl groups excluding tert-OH is 1. The minimum Gasteiger partial charge on any atom is -0.389 e. The first-order valence-corrected chi connectivity index (χ1v) is 11.0. The zero-order valence-electron chi connectivity index (χ0n) is 15.6. The Morgan fingerprint density at radius 3 is 2.14 bits per heavy atom. The van der Waals surface area contributed by atoms with Gasteiger partial charge < -0.3 is 15.0 Å². The van der Waals surface area contributed by atoms with Crippen LogP contribution in [0.4, 0.5) is 5.69 Å². The molecule has 5 heteroatoms. The topological polar surface area (TPSA) is 37.2 Å². The van der Waals surface area contributed by atoms with Gasteiger partial charge in [0.1, 0.15) is 0 Å². The zero-order chi connectivity index (χ0) is 19.7. The fourth-order valence-electron chi connectivity index (χ4n) is 3.75. The number of fused-ring (bicyclic) bond motifs is 3. The number of nitrogens with one attached hydrogen (secondary N) is 1. The third-order valence-electron chi connectivity index (χ3n) is 5.11. The highest BCUT2D eigenvalue weighted by atomic mass is 79.9. The van der Waals surface area contributed by atoms with Gasteiger partial charge in [0.05, 0.1) is 12.6 Å². The smallest absolute Gasteiger partial charge is 0.0891 e.